The average molecular weight is 445 g/mol. The van der Waals surface area contributed by atoms with Crippen LogP contribution < -0.4 is 16.2 Å². The fourth-order valence-corrected chi connectivity index (χ4v) is 4.83. The van der Waals surface area contributed by atoms with Crippen LogP contribution in [0.15, 0.2) is 18.2 Å². The molecule has 3 atom stereocenters. The van der Waals surface area contributed by atoms with Crippen molar-refractivity contribution < 1.29 is 13.6 Å². The molecule has 0 radical (unpaired) electrons. The smallest absolute Gasteiger partial charge is 0.239 e. The van der Waals surface area contributed by atoms with Gasteiger partial charge in [-0.3, -0.25) is 15.1 Å². The second-order valence-electron chi connectivity index (χ2n) is 7.79. The number of alkyl halides is 1. The molecule has 1 aromatic carbocycles. The summed E-state index contributed by atoms with van der Waals surface area (Å²) in [6, 6.07) is 4.09. The van der Waals surface area contributed by atoms with E-state index >= 15 is 0 Å². The molecule has 3 unspecified atom stereocenters. The zero-order chi connectivity index (χ0) is 19.6. The lowest BCUT2D eigenvalue weighted by atomic mass is 9.98. The molecular weight excluding hydrogens is 418 g/mol. The predicted molar refractivity (Wildman–Crippen MR) is 104 cm³/mol. The van der Waals surface area contributed by atoms with Crippen molar-refractivity contribution in [3.8, 4) is 0 Å². The molecule has 0 aromatic heterocycles. The number of carbonyl (C=O) groups is 1. The molecule has 2 heterocycles. The van der Waals surface area contributed by atoms with E-state index in [1.165, 1.54) is 12.1 Å². The lowest BCUT2D eigenvalue weighted by Crippen LogP contribution is -2.52. The van der Waals surface area contributed by atoms with Crippen LogP contribution in [0.1, 0.15) is 32.3 Å². The highest BCUT2D eigenvalue weighted by Crippen LogP contribution is 2.22. The highest BCUT2D eigenvalue weighted by Gasteiger charge is 2.40. The van der Waals surface area contributed by atoms with Gasteiger partial charge in [0, 0.05) is 31.7 Å². The van der Waals surface area contributed by atoms with Gasteiger partial charge in [-0.25, -0.2) is 14.2 Å². The Kier molecular flexibility index (Phi) is 6.83. The average Bonchev–Trinajstić information content (AvgIpc) is 3.02. The Balaban J connectivity index is 1.45. The fourth-order valence-electron chi connectivity index (χ4n) is 3.72. The van der Waals surface area contributed by atoms with Crippen molar-refractivity contribution in [2.24, 2.45) is 5.92 Å². The number of rotatable bonds is 5. The van der Waals surface area contributed by atoms with E-state index in [0.29, 0.717) is 12.5 Å². The van der Waals surface area contributed by atoms with E-state index in [2.05, 4.69) is 50.8 Å². The molecule has 0 spiro atoms. The summed E-state index contributed by atoms with van der Waals surface area (Å²) in [6.07, 6.45) is 1.69. The SMILES string of the molecule is CC(C)C1NNC(C(=O)NC2CCN(Cc3ccc(F)c(F)c3)CC2)C1Br. The van der Waals surface area contributed by atoms with Crippen LogP contribution in [0.3, 0.4) is 0 Å². The van der Waals surface area contributed by atoms with Crippen LogP contribution in [-0.4, -0.2) is 46.8 Å². The van der Waals surface area contributed by atoms with Crippen molar-refractivity contribution in [1.82, 2.24) is 21.1 Å². The number of hydrazine groups is 1. The lowest BCUT2D eigenvalue weighted by Gasteiger charge is -2.33. The van der Waals surface area contributed by atoms with Gasteiger partial charge in [-0.2, -0.15) is 0 Å². The molecule has 2 aliphatic rings. The molecule has 2 fully saturated rings. The second kappa shape index (κ2) is 8.94. The zero-order valence-corrected chi connectivity index (χ0v) is 17.2. The van der Waals surface area contributed by atoms with Crippen LogP contribution in [0.5, 0.6) is 0 Å². The number of nitrogens with zero attached hydrogens (tertiary/aromatic N) is 1. The van der Waals surface area contributed by atoms with E-state index < -0.39 is 11.6 Å². The van der Waals surface area contributed by atoms with Crippen molar-refractivity contribution in [2.75, 3.05) is 13.1 Å². The molecule has 0 aliphatic carbocycles. The van der Waals surface area contributed by atoms with Crippen LogP contribution in [0.25, 0.3) is 0 Å². The van der Waals surface area contributed by atoms with Gasteiger partial charge in [0.2, 0.25) is 5.91 Å². The minimum atomic E-state index is -0.819. The minimum Gasteiger partial charge on any atom is -0.352 e. The van der Waals surface area contributed by atoms with Gasteiger partial charge >= 0.3 is 0 Å². The summed E-state index contributed by atoms with van der Waals surface area (Å²) in [5.74, 6) is -1.21. The first-order valence-corrected chi connectivity index (χ1v) is 10.4. The van der Waals surface area contributed by atoms with Gasteiger partial charge in [-0.05, 0) is 36.5 Å². The summed E-state index contributed by atoms with van der Waals surface area (Å²) in [7, 11) is 0. The van der Waals surface area contributed by atoms with Crippen LogP contribution >= 0.6 is 15.9 Å². The highest BCUT2D eigenvalue weighted by molar-refractivity contribution is 9.09. The van der Waals surface area contributed by atoms with Gasteiger partial charge in [0.1, 0.15) is 6.04 Å². The van der Waals surface area contributed by atoms with E-state index in [1.54, 1.807) is 6.07 Å². The summed E-state index contributed by atoms with van der Waals surface area (Å²) in [6.45, 7) is 6.46. The normalized spacial score (nSPS) is 27.3. The van der Waals surface area contributed by atoms with Gasteiger partial charge in [0.25, 0.3) is 0 Å². The van der Waals surface area contributed by atoms with Crippen molar-refractivity contribution >= 4 is 21.8 Å². The van der Waals surface area contributed by atoms with Crippen LogP contribution in [0, 0.1) is 17.6 Å². The Bertz CT molecular complexity index is 667. The fraction of sp³-hybridized carbons (Fsp3) is 0.632. The molecule has 3 N–H and O–H groups in total. The van der Waals surface area contributed by atoms with E-state index in [9.17, 15) is 13.6 Å². The van der Waals surface area contributed by atoms with Crippen LogP contribution in [0.2, 0.25) is 0 Å². The van der Waals surface area contributed by atoms with Gasteiger partial charge in [-0.15, -0.1) is 0 Å². The number of carbonyl (C=O) groups excluding carboxylic acids is 1. The first kappa shape index (κ1) is 20.6. The molecular formula is C19H27BrF2N4O. The largest absolute Gasteiger partial charge is 0.352 e. The number of hydrogen-bond donors (Lipinski definition) is 3. The Morgan fingerprint density at radius 2 is 1.96 bits per heavy atom. The highest BCUT2D eigenvalue weighted by atomic mass is 79.9. The van der Waals surface area contributed by atoms with Gasteiger partial charge < -0.3 is 5.32 Å². The van der Waals surface area contributed by atoms with E-state index in [4.69, 9.17) is 0 Å². The predicted octanol–water partition coefficient (Wildman–Crippen LogP) is 2.31. The number of amides is 1. The third kappa shape index (κ3) is 5.04. The van der Waals surface area contributed by atoms with Crippen molar-refractivity contribution in [3.63, 3.8) is 0 Å². The number of benzene rings is 1. The van der Waals surface area contributed by atoms with Gasteiger partial charge in [0.15, 0.2) is 11.6 Å². The second-order valence-corrected chi connectivity index (χ2v) is 8.85. The van der Waals surface area contributed by atoms with Crippen LogP contribution in [-0.2, 0) is 11.3 Å². The van der Waals surface area contributed by atoms with Gasteiger partial charge in [0.05, 0.1) is 4.83 Å². The van der Waals surface area contributed by atoms with E-state index in [1.807, 2.05) is 0 Å². The van der Waals surface area contributed by atoms with Crippen LogP contribution in [0.4, 0.5) is 8.78 Å². The summed E-state index contributed by atoms with van der Waals surface area (Å²) < 4.78 is 26.4. The number of nitrogens with one attached hydrogen (secondary N) is 3. The molecule has 0 saturated carbocycles. The Morgan fingerprint density at radius 3 is 2.56 bits per heavy atom. The maximum Gasteiger partial charge on any atom is 0.239 e. The summed E-state index contributed by atoms with van der Waals surface area (Å²) >= 11 is 3.64. The standard InChI is InChI=1S/C19H27BrF2N4O/c1-11(2)17-16(20)18(25-24-17)19(27)23-13-5-7-26(8-6-13)10-12-3-4-14(21)15(22)9-12/h3-4,9,11,13,16-18,24-25H,5-8,10H2,1-2H3,(H,23,27). The monoisotopic (exact) mass is 444 g/mol. The van der Waals surface area contributed by atoms with E-state index in [-0.39, 0.29) is 28.9 Å². The number of likely N-dealkylation sites (tertiary alicyclic amines) is 1. The Hall–Kier alpha value is -1.09. The molecule has 2 saturated heterocycles. The van der Waals surface area contributed by atoms with Crippen molar-refractivity contribution in [3.05, 3.63) is 35.4 Å². The third-order valence-corrected chi connectivity index (χ3v) is 6.49. The molecule has 5 nitrogen and oxygen atoms in total. The number of halogens is 3. The first-order chi connectivity index (χ1) is 12.8. The molecule has 0 bridgehead atoms. The van der Waals surface area contributed by atoms with Crippen molar-refractivity contribution in [2.45, 2.75) is 56.2 Å². The summed E-state index contributed by atoms with van der Waals surface area (Å²) in [5, 5.41) is 3.14. The minimum absolute atomic E-state index is 0.00609. The summed E-state index contributed by atoms with van der Waals surface area (Å²) in [5.41, 5.74) is 7.05. The van der Waals surface area contributed by atoms with E-state index in [0.717, 1.165) is 31.5 Å². The number of piperidine rings is 1. The number of hydrogen-bond acceptors (Lipinski definition) is 4. The maximum atomic E-state index is 13.3. The molecule has 2 aliphatic heterocycles. The maximum absolute atomic E-state index is 13.3. The van der Waals surface area contributed by atoms with Gasteiger partial charge in [-0.1, -0.05) is 35.8 Å². The Labute approximate surface area is 167 Å². The zero-order valence-electron chi connectivity index (χ0n) is 15.6. The Morgan fingerprint density at radius 1 is 1.26 bits per heavy atom. The molecule has 3 rings (SSSR count). The molecule has 1 aromatic rings. The quantitative estimate of drug-likeness (QED) is 0.609. The van der Waals surface area contributed by atoms with Crippen molar-refractivity contribution in [1.29, 1.82) is 0 Å². The molecule has 150 valence electrons. The molecule has 27 heavy (non-hydrogen) atoms. The lowest BCUT2D eigenvalue weighted by molar-refractivity contribution is -0.123. The first-order valence-electron chi connectivity index (χ1n) is 9.47. The third-order valence-electron chi connectivity index (χ3n) is 5.39. The molecule has 1 amide bonds. The topological polar surface area (TPSA) is 56.4 Å². The molecule has 8 heteroatoms. The summed E-state index contributed by atoms with van der Waals surface area (Å²) in [4.78, 5) is 14.8.